The molecule has 0 fully saturated rings. The lowest BCUT2D eigenvalue weighted by molar-refractivity contribution is -0.115. The molecule has 0 aliphatic carbocycles. The summed E-state index contributed by atoms with van der Waals surface area (Å²) in [5, 5.41) is 3.15. The van der Waals surface area contributed by atoms with E-state index in [4.69, 9.17) is 0 Å². The first-order valence-electron chi connectivity index (χ1n) is 8.31. The predicted molar refractivity (Wildman–Crippen MR) is 100 cm³/mol. The molecule has 1 aromatic carbocycles. The van der Waals surface area contributed by atoms with Crippen LogP contribution in [-0.4, -0.2) is 17.7 Å². The van der Waals surface area contributed by atoms with Gasteiger partial charge in [-0.3, -0.25) is 4.79 Å². The topological polar surface area (TPSA) is 29.1 Å². The minimum atomic E-state index is 0.151. The van der Waals surface area contributed by atoms with Gasteiger partial charge in [-0.2, -0.15) is 0 Å². The lowest BCUT2D eigenvalue weighted by Crippen LogP contribution is -2.24. The maximum Gasteiger partial charge on any atom is 0.231 e. The molecule has 3 heteroatoms. The van der Waals surface area contributed by atoms with Gasteiger partial charge in [0.2, 0.25) is 5.91 Å². The number of allylic oxidation sites excluding steroid dienone is 1. The summed E-state index contributed by atoms with van der Waals surface area (Å²) in [5.41, 5.74) is 3.41. The number of unbranched alkanes of at least 4 members (excludes halogenated alkanes) is 3. The van der Waals surface area contributed by atoms with E-state index in [1.165, 1.54) is 19.3 Å². The van der Waals surface area contributed by atoms with Gasteiger partial charge >= 0.3 is 0 Å². The Hall–Kier alpha value is -1.14. The van der Waals surface area contributed by atoms with Gasteiger partial charge in [0.25, 0.3) is 0 Å². The van der Waals surface area contributed by atoms with Gasteiger partial charge in [0.05, 0.1) is 5.66 Å². The summed E-state index contributed by atoms with van der Waals surface area (Å²) in [6.07, 6.45) is 8.85. The largest absolute Gasteiger partial charge is 0.325 e. The van der Waals surface area contributed by atoms with Crippen molar-refractivity contribution >= 4 is 20.2 Å². The summed E-state index contributed by atoms with van der Waals surface area (Å²) in [5.74, 6) is 0.185. The third-order valence-electron chi connectivity index (χ3n) is 3.93. The number of hydrogen-bond donors (Lipinski definition) is 1. The minimum absolute atomic E-state index is 0.151. The van der Waals surface area contributed by atoms with Crippen molar-refractivity contribution in [3.05, 3.63) is 42.0 Å². The Balaban J connectivity index is 2.45. The molecule has 0 heterocycles. The number of hydrogen-bond acceptors (Lipinski definition) is 1. The van der Waals surface area contributed by atoms with Crippen molar-refractivity contribution in [3.63, 3.8) is 0 Å². The summed E-state index contributed by atoms with van der Waals surface area (Å²) in [6.45, 7) is 9.95. The van der Waals surface area contributed by atoms with Crippen molar-refractivity contribution in [2.45, 2.75) is 58.5 Å². The van der Waals surface area contributed by atoms with Crippen LogP contribution in [-0.2, 0) is 4.79 Å². The van der Waals surface area contributed by atoms with Crippen molar-refractivity contribution < 1.29 is 4.79 Å². The van der Waals surface area contributed by atoms with Crippen LogP contribution in [0.15, 0.2) is 30.9 Å². The minimum Gasteiger partial charge on any atom is -0.325 e. The molecule has 0 aliphatic rings. The molecule has 0 bridgehead atoms. The smallest absolute Gasteiger partial charge is 0.231 e. The Morgan fingerprint density at radius 1 is 1.27 bits per heavy atom. The van der Waals surface area contributed by atoms with Crippen LogP contribution in [0.5, 0.6) is 0 Å². The van der Waals surface area contributed by atoms with Crippen LogP contribution in [0.1, 0.15) is 50.2 Å². The summed E-state index contributed by atoms with van der Waals surface area (Å²) in [6, 6.07) is 6.12. The second-order valence-corrected chi connectivity index (χ2v) is 7.41. The van der Waals surface area contributed by atoms with E-state index in [1.54, 1.807) is 0 Å². The number of carbonyl (C=O) groups is 1. The Bertz CT molecular complexity index is 464. The fourth-order valence-electron chi connectivity index (χ4n) is 2.51. The van der Waals surface area contributed by atoms with E-state index in [1.807, 2.05) is 38.1 Å². The molecule has 0 aliphatic heterocycles. The Morgan fingerprint density at radius 2 is 1.95 bits per heavy atom. The van der Waals surface area contributed by atoms with E-state index in [0.717, 1.165) is 44.4 Å². The highest BCUT2D eigenvalue weighted by molar-refractivity contribution is 7.40. The van der Waals surface area contributed by atoms with Gasteiger partial charge in [-0.05, 0) is 56.8 Å². The number of benzene rings is 1. The molecule has 122 valence electrons. The monoisotopic (exact) mass is 319 g/mol. The van der Waals surface area contributed by atoms with E-state index in [-0.39, 0.29) is 11.6 Å². The van der Waals surface area contributed by atoms with Gasteiger partial charge in [-0.1, -0.05) is 37.6 Å². The van der Waals surface area contributed by atoms with E-state index in [0.29, 0.717) is 0 Å². The molecule has 22 heavy (non-hydrogen) atoms. The molecule has 1 rings (SSSR count). The number of anilines is 1. The SMILES string of the molecule is C=CCCCCCPC(CC)C(=O)Nc1c(C)cccc1C. The molecule has 1 N–H and O–H groups in total. The van der Waals surface area contributed by atoms with Crippen LogP contribution in [0.2, 0.25) is 0 Å². The third kappa shape index (κ3) is 6.32. The van der Waals surface area contributed by atoms with Crippen molar-refractivity contribution in [3.8, 4) is 0 Å². The van der Waals surface area contributed by atoms with Crippen LogP contribution < -0.4 is 5.32 Å². The highest BCUT2D eigenvalue weighted by Gasteiger charge is 2.17. The molecular weight excluding hydrogens is 289 g/mol. The first-order chi connectivity index (χ1) is 10.6. The lowest BCUT2D eigenvalue weighted by atomic mass is 10.1. The van der Waals surface area contributed by atoms with Crippen LogP contribution in [0.4, 0.5) is 5.69 Å². The van der Waals surface area contributed by atoms with Gasteiger partial charge in [0.15, 0.2) is 0 Å². The Kier molecular flexibility index (Phi) is 9.08. The average Bonchev–Trinajstić information content (AvgIpc) is 2.50. The molecule has 2 atom stereocenters. The summed E-state index contributed by atoms with van der Waals surface area (Å²) < 4.78 is 0. The molecule has 2 unspecified atom stereocenters. The number of para-hydroxylation sites is 1. The number of rotatable bonds is 10. The quantitative estimate of drug-likeness (QED) is 0.347. The normalized spacial score (nSPS) is 12.5. The molecule has 1 aromatic rings. The van der Waals surface area contributed by atoms with Gasteiger partial charge in [0, 0.05) is 5.69 Å². The second kappa shape index (κ2) is 10.6. The summed E-state index contributed by atoms with van der Waals surface area (Å²) in [7, 11) is 0.723. The van der Waals surface area contributed by atoms with Gasteiger partial charge in [-0.15, -0.1) is 15.2 Å². The number of nitrogens with one attached hydrogen (secondary N) is 1. The van der Waals surface area contributed by atoms with E-state index in [2.05, 4.69) is 18.8 Å². The van der Waals surface area contributed by atoms with Gasteiger partial charge < -0.3 is 5.32 Å². The number of carbonyl (C=O) groups excluding carboxylic acids is 1. The zero-order valence-electron chi connectivity index (χ0n) is 14.2. The third-order valence-corrected chi connectivity index (χ3v) is 5.74. The molecule has 0 saturated carbocycles. The van der Waals surface area contributed by atoms with Gasteiger partial charge in [-0.25, -0.2) is 0 Å². The highest BCUT2D eigenvalue weighted by atomic mass is 31.1. The lowest BCUT2D eigenvalue weighted by Gasteiger charge is -2.17. The van der Waals surface area contributed by atoms with Crippen LogP contribution in [0.25, 0.3) is 0 Å². The zero-order valence-corrected chi connectivity index (χ0v) is 15.2. The molecule has 2 nitrogen and oxygen atoms in total. The maximum atomic E-state index is 12.5. The first kappa shape index (κ1) is 18.9. The average molecular weight is 319 g/mol. The first-order valence-corrected chi connectivity index (χ1v) is 9.60. The summed E-state index contributed by atoms with van der Waals surface area (Å²) in [4.78, 5) is 12.5. The molecule has 0 saturated heterocycles. The van der Waals surface area contributed by atoms with Crippen molar-refractivity contribution in [1.82, 2.24) is 0 Å². The number of aryl methyl sites for hydroxylation is 2. The fraction of sp³-hybridized carbons (Fsp3) is 0.526. The van der Waals surface area contributed by atoms with Gasteiger partial charge in [0.1, 0.15) is 0 Å². The van der Waals surface area contributed by atoms with Crippen LogP contribution in [0.3, 0.4) is 0 Å². The highest BCUT2D eigenvalue weighted by Crippen LogP contribution is 2.27. The Labute approximate surface area is 137 Å². The number of amides is 1. The molecule has 0 radical (unpaired) electrons. The second-order valence-electron chi connectivity index (χ2n) is 5.81. The predicted octanol–water partition coefficient (Wildman–Crippen LogP) is 5.45. The standard InChI is InChI=1S/C19H30NOP/c1-5-7-8-9-10-14-22-17(6-2)19(21)20-18-15(3)12-11-13-16(18)4/h5,11-13,17,22H,1,6-10,14H2,2-4H3,(H,20,21). The fourth-order valence-corrected chi connectivity index (χ4v) is 3.86. The van der Waals surface area contributed by atoms with Crippen molar-refractivity contribution in [1.29, 1.82) is 0 Å². The van der Waals surface area contributed by atoms with E-state index >= 15 is 0 Å². The molecular formula is C19H30NOP. The zero-order chi connectivity index (χ0) is 16.4. The van der Waals surface area contributed by atoms with E-state index < -0.39 is 0 Å². The molecule has 1 amide bonds. The Morgan fingerprint density at radius 3 is 2.55 bits per heavy atom. The molecule has 0 spiro atoms. The van der Waals surface area contributed by atoms with Crippen molar-refractivity contribution in [2.75, 3.05) is 11.5 Å². The van der Waals surface area contributed by atoms with Crippen molar-refractivity contribution in [2.24, 2.45) is 0 Å². The summed E-state index contributed by atoms with van der Waals surface area (Å²) >= 11 is 0. The van der Waals surface area contributed by atoms with Crippen LogP contribution in [0, 0.1) is 13.8 Å². The maximum absolute atomic E-state index is 12.5. The molecule has 0 aromatic heterocycles. The van der Waals surface area contributed by atoms with Crippen LogP contribution >= 0.6 is 8.58 Å². The van der Waals surface area contributed by atoms with E-state index in [9.17, 15) is 4.79 Å².